The molecule has 0 saturated heterocycles. The molecule has 2 heteroatoms. The molecule has 0 nitrogen and oxygen atoms in total. The fourth-order valence-electron chi connectivity index (χ4n) is 2.30. The highest BCUT2D eigenvalue weighted by Gasteiger charge is 2.06. The van der Waals surface area contributed by atoms with Crippen LogP contribution in [-0.2, 0) is 6.42 Å². The molecule has 0 aliphatic rings. The first kappa shape index (κ1) is 16.5. The molecular weight excluding hydrogens is 259 g/mol. The molecule has 19 heavy (non-hydrogen) atoms. The second-order valence-corrected chi connectivity index (χ2v) is 5.96. The van der Waals surface area contributed by atoms with Crippen molar-refractivity contribution in [3.63, 3.8) is 0 Å². The van der Waals surface area contributed by atoms with Crippen molar-refractivity contribution < 1.29 is 4.39 Å². The second-order valence-electron chi connectivity index (χ2n) is 5.34. The standard InChI is InChI=1S/C17H26ClF/c1-2-3-4-5-6-7-8-9-16(18)14-15-10-12-17(19)13-11-15/h10-13,16H,2-9,14H2,1H3. The van der Waals surface area contributed by atoms with Crippen LogP contribution in [-0.4, -0.2) is 5.38 Å². The zero-order valence-electron chi connectivity index (χ0n) is 12.0. The van der Waals surface area contributed by atoms with Gasteiger partial charge in [0.05, 0.1) is 0 Å². The summed E-state index contributed by atoms with van der Waals surface area (Å²) in [6, 6.07) is 6.67. The molecule has 1 aromatic rings. The third-order valence-electron chi connectivity index (χ3n) is 3.49. The van der Waals surface area contributed by atoms with Crippen LogP contribution < -0.4 is 0 Å². The molecule has 0 aliphatic heterocycles. The maximum Gasteiger partial charge on any atom is 0.123 e. The molecule has 1 unspecified atom stereocenters. The Labute approximate surface area is 122 Å². The summed E-state index contributed by atoms with van der Waals surface area (Å²) in [5, 5.41) is 0.182. The lowest BCUT2D eigenvalue weighted by molar-refractivity contribution is 0.567. The number of unbranched alkanes of at least 4 members (excludes halogenated alkanes) is 6. The first-order valence-corrected chi connectivity index (χ1v) is 8.04. The summed E-state index contributed by atoms with van der Waals surface area (Å²) in [7, 11) is 0. The monoisotopic (exact) mass is 284 g/mol. The highest BCUT2D eigenvalue weighted by molar-refractivity contribution is 6.20. The second kappa shape index (κ2) is 10.3. The minimum atomic E-state index is -0.179. The third-order valence-corrected chi connectivity index (χ3v) is 3.86. The fourth-order valence-corrected chi connectivity index (χ4v) is 2.63. The van der Waals surface area contributed by atoms with Gasteiger partial charge in [-0.15, -0.1) is 11.6 Å². The first-order chi connectivity index (χ1) is 9.22. The minimum absolute atomic E-state index is 0.179. The van der Waals surface area contributed by atoms with Crippen LogP contribution in [0, 0.1) is 5.82 Å². The van der Waals surface area contributed by atoms with E-state index in [1.165, 1.54) is 57.1 Å². The van der Waals surface area contributed by atoms with E-state index in [1.54, 1.807) is 0 Å². The van der Waals surface area contributed by atoms with E-state index < -0.39 is 0 Å². The molecule has 1 atom stereocenters. The van der Waals surface area contributed by atoms with E-state index in [4.69, 9.17) is 11.6 Å². The average Bonchev–Trinajstić information content (AvgIpc) is 2.40. The van der Waals surface area contributed by atoms with Gasteiger partial charge in [0.1, 0.15) is 5.82 Å². The van der Waals surface area contributed by atoms with Gasteiger partial charge in [0.25, 0.3) is 0 Å². The summed E-state index contributed by atoms with van der Waals surface area (Å²) in [5.74, 6) is -0.179. The average molecular weight is 285 g/mol. The van der Waals surface area contributed by atoms with Crippen molar-refractivity contribution in [1.82, 2.24) is 0 Å². The number of benzene rings is 1. The van der Waals surface area contributed by atoms with Crippen LogP contribution in [0.3, 0.4) is 0 Å². The van der Waals surface area contributed by atoms with Crippen LogP contribution in [0.25, 0.3) is 0 Å². The maximum absolute atomic E-state index is 12.8. The Morgan fingerprint density at radius 1 is 0.947 bits per heavy atom. The van der Waals surface area contributed by atoms with Gasteiger partial charge in [0.15, 0.2) is 0 Å². The Morgan fingerprint density at radius 3 is 2.16 bits per heavy atom. The van der Waals surface area contributed by atoms with E-state index in [2.05, 4.69) is 6.92 Å². The van der Waals surface area contributed by atoms with Gasteiger partial charge in [-0.3, -0.25) is 0 Å². The lowest BCUT2D eigenvalue weighted by atomic mass is 10.0. The highest BCUT2D eigenvalue weighted by Crippen LogP contribution is 2.16. The Hall–Kier alpha value is -0.560. The quantitative estimate of drug-likeness (QED) is 0.359. The summed E-state index contributed by atoms with van der Waals surface area (Å²) < 4.78 is 12.8. The summed E-state index contributed by atoms with van der Waals surface area (Å²) >= 11 is 6.32. The Morgan fingerprint density at radius 2 is 1.53 bits per heavy atom. The zero-order chi connectivity index (χ0) is 13.9. The number of alkyl halides is 1. The van der Waals surface area contributed by atoms with Gasteiger partial charge in [-0.2, -0.15) is 0 Å². The van der Waals surface area contributed by atoms with E-state index in [0.717, 1.165) is 18.4 Å². The molecule has 0 aliphatic carbocycles. The number of halogens is 2. The maximum atomic E-state index is 12.8. The van der Waals surface area contributed by atoms with Gasteiger partial charge in [-0.25, -0.2) is 4.39 Å². The lowest BCUT2D eigenvalue weighted by Gasteiger charge is -2.09. The topological polar surface area (TPSA) is 0 Å². The number of rotatable bonds is 10. The van der Waals surface area contributed by atoms with Crippen molar-refractivity contribution in [3.8, 4) is 0 Å². The fraction of sp³-hybridized carbons (Fsp3) is 0.647. The predicted molar refractivity (Wildman–Crippen MR) is 82.4 cm³/mol. The minimum Gasteiger partial charge on any atom is -0.207 e. The summed E-state index contributed by atoms with van der Waals surface area (Å²) in [6.07, 6.45) is 11.1. The van der Waals surface area contributed by atoms with E-state index in [1.807, 2.05) is 12.1 Å². The molecule has 0 radical (unpaired) electrons. The molecule has 0 amide bonds. The summed E-state index contributed by atoms with van der Waals surface area (Å²) in [5.41, 5.74) is 1.13. The molecular formula is C17H26ClF. The van der Waals surface area contributed by atoms with Crippen LogP contribution in [0.4, 0.5) is 4.39 Å². The molecule has 0 bridgehead atoms. The van der Waals surface area contributed by atoms with Crippen molar-refractivity contribution in [1.29, 1.82) is 0 Å². The van der Waals surface area contributed by atoms with Gasteiger partial charge in [-0.05, 0) is 30.5 Å². The van der Waals surface area contributed by atoms with E-state index in [0.29, 0.717) is 0 Å². The van der Waals surface area contributed by atoms with Crippen molar-refractivity contribution in [2.24, 2.45) is 0 Å². The van der Waals surface area contributed by atoms with Crippen LogP contribution in [0.5, 0.6) is 0 Å². The van der Waals surface area contributed by atoms with Crippen LogP contribution in [0.15, 0.2) is 24.3 Å². The van der Waals surface area contributed by atoms with Crippen molar-refractivity contribution >= 4 is 11.6 Å². The largest absolute Gasteiger partial charge is 0.207 e. The van der Waals surface area contributed by atoms with Gasteiger partial charge in [0, 0.05) is 5.38 Å². The number of hydrogen-bond acceptors (Lipinski definition) is 0. The van der Waals surface area contributed by atoms with Crippen LogP contribution in [0.1, 0.15) is 63.9 Å². The van der Waals surface area contributed by atoms with Crippen molar-refractivity contribution in [2.75, 3.05) is 0 Å². The van der Waals surface area contributed by atoms with Crippen molar-refractivity contribution in [2.45, 2.75) is 70.1 Å². The van der Waals surface area contributed by atoms with E-state index in [-0.39, 0.29) is 11.2 Å². The summed E-state index contributed by atoms with van der Waals surface area (Å²) in [4.78, 5) is 0. The summed E-state index contributed by atoms with van der Waals surface area (Å²) in [6.45, 7) is 2.24. The van der Waals surface area contributed by atoms with E-state index in [9.17, 15) is 4.39 Å². The molecule has 0 spiro atoms. The Bertz CT molecular complexity index is 321. The van der Waals surface area contributed by atoms with Gasteiger partial charge < -0.3 is 0 Å². The molecule has 0 saturated carbocycles. The predicted octanol–water partition coefficient (Wildman–Crippen LogP) is 6.12. The molecule has 0 heterocycles. The third kappa shape index (κ3) is 8.26. The van der Waals surface area contributed by atoms with Crippen molar-refractivity contribution in [3.05, 3.63) is 35.6 Å². The molecule has 0 fully saturated rings. The normalized spacial score (nSPS) is 12.6. The molecule has 0 aromatic heterocycles. The van der Waals surface area contributed by atoms with E-state index >= 15 is 0 Å². The van der Waals surface area contributed by atoms with Crippen LogP contribution in [0.2, 0.25) is 0 Å². The molecule has 108 valence electrons. The Balaban J connectivity index is 2.04. The molecule has 1 rings (SSSR count). The van der Waals surface area contributed by atoms with Gasteiger partial charge >= 0.3 is 0 Å². The first-order valence-electron chi connectivity index (χ1n) is 7.61. The molecule has 1 aromatic carbocycles. The van der Waals surface area contributed by atoms with Gasteiger partial charge in [0.2, 0.25) is 0 Å². The smallest absolute Gasteiger partial charge is 0.123 e. The lowest BCUT2D eigenvalue weighted by Crippen LogP contribution is -2.03. The van der Waals surface area contributed by atoms with Gasteiger partial charge in [-0.1, -0.05) is 64.0 Å². The Kier molecular flexibility index (Phi) is 8.90. The SMILES string of the molecule is CCCCCCCCCC(Cl)Cc1ccc(F)cc1. The highest BCUT2D eigenvalue weighted by atomic mass is 35.5. The van der Waals surface area contributed by atoms with Crippen LogP contribution >= 0.6 is 11.6 Å². The number of hydrogen-bond donors (Lipinski definition) is 0. The molecule has 0 N–H and O–H groups in total. The zero-order valence-corrected chi connectivity index (χ0v) is 12.8.